The number of benzene rings is 1. The highest BCUT2D eigenvalue weighted by Crippen LogP contribution is 2.18. The van der Waals surface area contributed by atoms with Crippen molar-refractivity contribution in [3.63, 3.8) is 0 Å². The fraction of sp³-hybridized carbons (Fsp3) is 0.462. The summed E-state index contributed by atoms with van der Waals surface area (Å²) in [7, 11) is 0. The van der Waals surface area contributed by atoms with Crippen molar-refractivity contribution in [2.75, 3.05) is 25.0 Å². The summed E-state index contributed by atoms with van der Waals surface area (Å²) in [5.74, 6) is 0.337. The first-order chi connectivity index (χ1) is 8.69. The topological polar surface area (TPSA) is 35.5 Å². The number of nitrogens with one attached hydrogen (secondary N) is 1. The van der Waals surface area contributed by atoms with Crippen LogP contribution in [0.25, 0.3) is 0 Å². The zero-order chi connectivity index (χ0) is 13.0. The minimum atomic E-state index is 0.236. The van der Waals surface area contributed by atoms with Gasteiger partial charge in [0, 0.05) is 30.4 Å². The van der Waals surface area contributed by atoms with Crippen LogP contribution in [0, 0.1) is 5.92 Å². The molecule has 0 amide bonds. The predicted octanol–water partition coefficient (Wildman–Crippen LogP) is 2.74. The van der Waals surface area contributed by atoms with Crippen LogP contribution in [0.3, 0.4) is 0 Å². The quantitative estimate of drug-likeness (QED) is 0.819. The average Bonchev–Trinajstić information content (AvgIpc) is 2.41. The molecule has 1 aliphatic heterocycles. The summed E-state index contributed by atoms with van der Waals surface area (Å²) in [5, 5.41) is 13.8. The van der Waals surface area contributed by atoms with Crippen LogP contribution in [-0.4, -0.2) is 34.8 Å². The molecule has 1 atom stereocenters. The van der Waals surface area contributed by atoms with Crippen molar-refractivity contribution >= 4 is 34.6 Å². The molecule has 1 heterocycles. The van der Waals surface area contributed by atoms with Crippen LogP contribution in [0.4, 0.5) is 5.69 Å². The standard InChI is InChI=1S/C13H17ClN2OS/c14-11-3-5-12(6-4-11)15-13(18)16-7-1-2-10(8-16)9-17/h3-6,10,17H,1-2,7-9H2,(H,15,18). The van der Waals surface area contributed by atoms with E-state index in [4.69, 9.17) is 23.8 Å². The Bertz CT molecular complexity index is 410. The predicted molar refractivity (Wildman–Crippen MR) is 79.1 cm³/mol. The lowest BCUT2D eigenvalue weighted by Gasteiger charge is -2.33. The van der Waals surface area contributed by atoms with Crippen LogP contribution in [-0.2, 0) is 0 Å². The summed E-state index contributed by atoms with van der Waals surface area (Å²) in [6.45, 7) is 2.02. The molecule has 0 spiro atoms. The fourth-order valence-electron chi connectivity index (χ4n) is 2.13. The van der Waals surface area contributed by atoms with Crippen molar-refractivity contribution in [1.82, 2.24) is 4.90 Å². The molecule has 5 heteroatoms. The smallest absolute Gasteiger partial charge is 0.173 e. The molecule has 1 aliphatic rings. The Labute approximate surface area is 118 Å². The van der Waals surface area contributed by atoms with Gasteiger partial charge >= 0.3 is 0 Å². The van der Waals surface area contributed by atoms with E-state index < -0.39 is 0 Å². The molecular formula is C13H17ClN2OS. The highest BCUT2D eigenvalue weighted by atomic mass is 35.5. The highest BCUT2D eigenvalue weighted by Gasteiger charge is 2.20. The molecule has 1 aromatic rings. The van der Waals surface area contributed by atoms with Gasteiger partial charge in [-0.25, -0.2) is 0 Å². The van der Waals surface area contributed by atoms with E-state index in [1.54, 1.807) is 0 Å². The molecule has 0 aromatic heterocycles. The first kappa shape index (κ1) is 13.6. The Balaban J connectivity index is 1.93. The van der Waals surface area contributed by atoms with E-state index >= 15 is 0 Å². The molecule has 3 nitrogen and oxygen atoms in total. The Morgan fingerprint density at radius 2 is 2.17 bits per heavy atom. The molecule has 1 fully saturated rings. The third-order valence-electron chi connectivity index (χ3n) is 3.16. The van der Waals surface area contributed by atoms with E-state index in [-0.39, 0.29) is 6.61 Å². The summed E-state index contributed by atoms with van der Waals surface area (Å²) in [6.07, 6.45) is 2.16. The zero-order valence-electron chi connectivity index (χ0n) is 10.1. The number of thiocarbonyl (C=S) groups is 1. The lowest BCUT2D eigenvalue weighted by Crippen LogP contribution is -2.43. The summed E-state index contributed by atoms with van der Waals surface area (Å²) in [6, 6.07) is 7.47. The summed E-state index contributed by atoms with van der Waals surface area (Å²) >= 11 is 11.2. The van der Waals surface area contributed by atoms with Gasteiger partial charge < -0.3 is 15.3 Å². The van der Waals surface area contributed by atoms with E-state index in [1.807, 2.05) is 24.3 Å². The van der Waals surface area contributed by atoms with Crippen molar-refractivity contribution < 1.29 is 5.11 Å². The highest BCUT2D eigenvalue weighted by molar-refractivity contribution is 7.80. The maximum absolute atomic E-state index is 9.21. The van der Waals surface area contributed by atoms with Gasteiger partial charge in [0.05, 0.1) is 0 Å². The number of anilines is 1. The van der Waals surface area contributed by atoms with E-state index in [2.05, 4.69) is 10.2 Å². The molecule has 18 heavy (non-hydrogen) atoms. The molecule has 1 saturated heterocycles. The lowest BCUT2D eigenvalue weighted by molar-refractivity contribution is 0.162. The maximum Gasteiger partial charge on any atom is 0.173 e. The molecule has 0 bridgehead atoms. The Hall–Kier alpha value is -0.840. The van der Waals surface area contributed by atoms with Gasteiger partial charge in [-0.2, -0.15) is 0 Å². The van der Waals surface area contributed by atoms with Crippen LogP contribution < -0.4 is 5.32 Å². The van der Waals surface area contributed by atoms with Gasteiger partial charge in [0.1, 0.15) is 0 Å². The number of rotatable bonds is 2. The van der Waals surface area contributed by atoms with Crippen molar-refractivity contribution in [3.8, 4) is 0 Å². The number of piperidine rings is 1. The Morgan fingerprint density at radius 3 is 2.83 bits per heavy atom. The fourth-order valence-corrected chi connectivity index (χ4v) is 2.54. The minimum Gasteiger partial charge on any atom is -0.396 e. The van der Waals surface area contributed by atoms with Crippen LogP contribution >= 0.6 is 23.8 Å². The second-order valence-corrected chi connectivity index (χ2v) is 5.40. The number of aliphatic hydroxyl groups is 1. The van der Waals surface area contributed by atoms with Gasteiger partial charge in [0.25, 0.3) is 0 Å². The van der Waals surface area contributed by atoms with Crippen molar-refractivity contribution in [1.29, 1.82) is 0 Å². The number of likely N-dealkylation sites (tertiary alicyclic amines) is 1. The molecule has 2 N–H and O–H groups in total. The third kappa shape index (κ3) is 3.57. The summed E-state index contributed by atoms with van der Waals surface area (Å²) < 4.78 is 0. The Morgan fingerprint density at radius 1 is 1.44 bits per heavy atom. The molecule has 98 valence electrons. The number of halogens is 1. The second kappa shape index (κ2) is 6.36. The molecule has 1 aromatic carbocycles. The van der Waals surface area contributed by atoms with Crippen molar-refractivity contribution in [3.05, 3.63) is 29.3 Å². The second-order valence-electron chi connectivity index (χ2n) is 4.57. The van der Waals surface area contributed by atoms with Crippen LogP contribution in [0.15, 0.2) is 24.3 Å². The third-order valence-corrected chi connectivity index (χ3v) is 3.77. The first-order valence-electron chi connectivity index (χ1n) is 6.11. The van der Waals surface area contributed by atoms with Crippen LogP contribution in [0.1, 0.15) is 12.8 Å². The van der Waals surface area contributed by atoms with E-state index in [0.29, 0.717) is 10.9 Å². The number of hydrogen-bond acceptors (Lipinski definition) is 2. The average molecular weight is 285 g/mol. The summed E-state index contributed by atoms with van der Waals surface area (Å²) in [4.78, 5) is 2.12. The molecule has 0 radical (unpaired) electrons. The minimum absolute atomic E-state index is 0.236. The lowest BCUT2D eigenvalue weighted by atomic mass is 9.99. The molecular weight excluding hydrogens is 268 g/mol. The molecule has 1 unspecified atom stereocenters. The number of hydrogen-bond donors (Lipinski definition) is 2. The number of nitrogens with zero attached hydrogens (tertiary/aromatic N) is 1. The zero-order valence-corrected chi connectivity index (χ0v) is 11.7. The van der Waals surface area contributed by atoms with Crippen LogP contribution in [0.2, 0.25) is 5.02 Å². The SMILES string of the molecule is OCC1CCCN(C(=S)Nc2ccc(Cl)cc2)C1. The molecule has 0 aliphatic carbocycles. The van der Waals surface area contributed by atoms with Crippen molar-refractivity contribution in [2.24, 2.45) is 5.92 Å². The number of aliphatic hydroxyl groups excluding tert-OH is 1. The van der Waals surface area contributed by atoms with Gasteiger partial charge in [0.15, 0.2) is 5.11 Å². The van der Waals surface area contributed by atoms with Gasteiger partial charge in [0.2, 0.25) is 0 Å². The largest absolute Gasteiger partial charge is 0.396 e. The van der Waals surface area contributed by atoms with Crippen molar-refractivity contribution in [2.45, 2.75) is 12.8 Å². The van der Waals surface area contributed by atoms with E-state index in [1.165, 1.54) is 0 Å². The van der Waals surface area contributed by atoms with Gasteiger partial charge in [-0.1, -0.05) is 11.6 Å². The summed E-state index contributed by atoms with van der Waals surface area (Å²) in [5.41, 5.74) is 0.940. The van der Waals surface area contributed by atoms with E-state index in [9.17, 15) is 5.11 Å². The first-order valence-corrected chi connectivity index (χ1v) is 6.90. The van der Waals surface area contributed by atoms with Gasteiger partial charge in [-0.3, -0.25) is 0 Å². The maximum atomic E-state index is 9.21. The Kier molecular flexibility index (Phi) is 4.80. The van der Waals surface area contributed by atoms with Gasteiger partial charge in [-0.05, 0) is 55.2 Å². The van der Waals surface area contributed by atoms with Crippen LogP contribution in [0.5, 0.6) is 0 Å². The monoisotopic (exact) mass is 284 g/mol. The molecule has 0 saturated carbocycles. The molecule has 2 rings (SSSR count). The van der Waals surface area contributed by atoms with Gasteiger partial charge in [-0.15, -0.1) is 0 Å². The van der Waals surface area contributed by atoms with E-state index in [0.717, 1.165) is 36.7 Å². The normalized spacial score (nSPS) is 19.7.